The zero-order chi connectivity index (χ0) is 16.9. The Morgan fingerprint density at radius 1 is 1.26 bits per heavy atom. The van der Waals surface area contributed by atoms with Gasteiger partial charge in [0.1, 0.15) is 0 Å². The van der Waals surface area contributed by atoms with E-state index in [0.29, 0.717) is 45.1 Å². The average molecular weight is 341 g/mol. The highest BCUT2D eigenvalue weighted by atomic mass is 32.2. The first-order chi connectivity index (χ1) is 11.0. The Labute approximate surface area is 137 Å². The number of urea groups is 1. The molecule has 1 saturated heterocycles. The molecule has 1 aromatic carbocycles. The van der Waals surface area contributed by atoms with Crippen LogP contribution in [0, 0.1) is 0 Å². The van der Waals surface area contributed by atoms with Crippen LogP contribution < -0.4 is 5.32 Å². The maximum absolute atomic E-state index is 12.6. The molecule has 1 N–H and O–H groups in total. The van der Waals surface area contributed by atoms with Gasteiger partial charge in [-0.3, -0.25) is 0 Å². The van der Waals surface area contributed by atoms with Crippen molar-refractivity contribution in [2.24, 2.45) is 0 Å². The second kappa shape index (κ2) is 7.76. The predicted octanol–water partition coefficient (Wildman–Crippen LogP) is 1.58. The van der Waals surface area contributed by atoms with E-state index in [9.17, 15) is 13.2 Å². The fourth-order valence-corrected chi connectivity index (χ4v) is 3.84. The van der Waals surface area contributed by atoms with Crippen molar-refractivity contribution in [3.05, 3.63) is 24.3 Å². The number of sulfonamides is 1. The van der Waals surface area contributed by atoms with Gasteiger partial charge in [-0.25, -0.2) is 13.2 Å². The number of ether oxygens (including phenoxy) is 1. The largest absolute Gasteiger partial charge is 0.379 e. The van der Waals surface area contributed by atoms with Crippen LogP contribution in [-0.4, -0.2) is 63.0 Å². The summed E-state index contributed by atoms with van der Waals surface area (Å²) in [6.07, 6.45) is 0. The van der Waals surface area contributed by atoms with E-state index in [0.717, 1.165) is 0 Å². The molecule has 0 spiro atoms. The third-order valence-electron chi connectivity index (χ3n) is 3.74. The number of anilines is 1. The van der Waals surface area contributed by atoms with Crippen molar-refractivity contribution in [3.63, 3.8) is 0 Å². The van der Waals surface area contributed by atoms with Gasteiger partial charge in [0, 0.05) is 31.9 Å². The van der Waals surface area contributed by atoms with Crippen molar-refractivity contribution < 1.29 is 17.9 Å². The number of morpholine rings is 1. The molecule has 1 heterocycles. The average Bonchev–Trinajstić information content (AvgIpc) is 2.57. The summed E-state index contributed by atoms with van der Waals surface area (Å²) in [4.78, 5) is 13.9. The predicted molar refractivity (Wildman–Crippen MR) is 88.0 cm³/mol. The van der Waals surface area contributed by atoms with Crippen LogP contribution in [0.5, 0.6) is 0 Å². The molecule has 0 aliphatic carbocycles. The van der Waals surface area contributed by atoms with Crippen LogP contribution in [0.3, 0.4) is 0 Å². The van der Waals surface area contributed by atoms with Gasteiger partial charge in [0.2, 0.25) is 10.0 Å². The molecule has 8 heteroatoms. The molecule has 0 radical (unpaired) electrons. The minimum Gasteiger partial charge on any atom is -0.379 e. The summed E-state index contributed by atoms with van der Waals surface area (Å²) in [6, 6.07) is 6.10. The Bertz CT molecular complexity index is 638. The van der Waals surface area contributed by atoms with E-state index in [2.05, 4.69) is 5.32 Å². The van der Waals surface area contributed by atoms with Crippen LogP contribution in [0.15, 0.2) is 29.2 Å². The summed E-state index contributed by atoms with van der Waals surface area (Å²) in [7, 11) is -3.56. The number of carbonyl (C=O) groups excluding carboxylic acids is 1. The van der Waals surface area contributed by atoms with Gasteiger partial charge in [0.05, 0.1) is 18.1 Å². The van der Waals surface area contributed by atoms with Crippen molar-refractivity contribution in [2.75, 3.05) is 44.7 Å². The highest BCUT2D eigenvalue weighted by molar-refractivity contribution is 7.89. The number of nitrogens with one attached hydrogen (secondary N) is 1. The second-order valence-corrected chi connectivity index (χ2v) is 7.08. The van der Waals surface area contributed by atoms with Crippen LogP contribution in [0.4, 0.5) is 10.5 Å². The van der Waals surface area contributed by atoms with E-state index in [-0.39, 0.29) is 10.9 Å². The van der Waals surface area contributed by atoms with Gasteiger partial charge in [0.25, 0.3) is 0 Å². The van der Waals surface area contributed by atoms with Gasteiger partial charge < -0.3 is 15.0 Å². The van der Waals surface area contributed by atoms with Crippen LogP contribution in [0.25, 0.3) is 0 Å². The lowest BCUT2D eigenvalue weighted by atomic mass is 10.3. The topological polar surface area (TPSA) is 79.0 Å². The van der Waals surface area contributed by atoms with E-state index in [1.807, 2.05) is 13.8 Å². The molecule has 1 fully saturated rings. The summed E-state index contributed by atoms with van der Waals surface area (Å²) >= 11 is 0. The van der Waals surface area contributed by atoms with Crippen molar-refractivity contribution in [1.82, 2.24) is 9.21 Å². The van der Waals surface area contributed by atoms with Crippen LogP contribution in [0.2, 0.25) is 0 Å². The van der Waals surface area contributed by atoms with E-state index in [1.54, 1.807) is 17.0 Å². The first-order valence-electron chi connectivity index (χ1n) is 7.73. The van der Waals surface area contributed by atoms with Gasteiger partial charge >= 0.3 is 6.03 Å². The van der Waals surface area contributed by atoms with Gasteiger partial charge in [-0.15, -0.1) is 0 Å². The van der Waals surface area contributed by atoms with E-state index < -0.39 is 10.0 Å². The molecule has 0 atom stereocenters. The standard InChI is InChI=1S/C15H23N3O4S/c1-3-17(4-2)15(19)16-13-6-5-7-14(12-13)23(20,21)18-8-10-22-11-9-18/h5-7,12H,3-4,8-11H2,1-2H3,(H,16,19). The summed E-state index contributed by atoms with van der Waals surface area (Å²) in [5.41, 5.74) is 0.469. The summed E-state index contributed by atoms with van der Waals surface area (Å²) in [5, 5.41) is 2.74. The molecule has 1 aliphatic rings. The molecule has 0 aromatic heterocycles. The maximum Gasteiger partial charge on any atom is 0.321 e. The zero-order valence-corrected chi connectivity index (χ0v) is 14.3. The molecule has 0 unspecified atom stereocenters. The Morgan fingerprint density at radius 3 is 2.52 bits per heavy atom. The van der Waals surface area contributed by atoms with Gasteiger partial charge in [-0.2, -0.15) is 4.31 Å². The lowest BCUT2D eigenvalue weighted by molar-refractivity contribution is 0.0730. The van der Waals surface area contributed by atoms with E-state index in [1.165, 1.54) is 16.4 Å². The number of rotatable bonds is 5. The number of hydrogen-bond donors (Lipinski definition) is 1. The Morgan fingerprint density at radius 2 is 1.91 bits per heavy atom. The molecule has 0 saturated carbocycles. The lowest BCUT2D eigenvalue weighted by Crippen LogP contribution is -2.40. The lowest BCUT2D eigenvalue weighted by Gasteiger charge is -2.26. The van der Waals surface area contributed by atoms with Gasteiger partial charge in [0.15, 0.2) is 0 Å². The molecule has 0 bridgehead atoms. The van der Waals surface area contributed by atoms with Crippen LogP contribution in [0.1, 0.15) is 13.8 Å². The minimum absolute atomic E-state index is 0.178. The molecule has 1 aliphatic heterocycles. The van der Waals surface area contributed by atoms with Crippen molar-refractivity contribution in [1.29, 1.82) is 0 Å². The third kappa shape index (κ3) is 4.21. The Kier molecular flexibility index (Phi) is 5.97. The molecule has 2 amide bonds. The quantitative estimate of drug-likeness (QED) is 0.882. The minimum atomic E-state index is -3.56. The number of hydrogen-bond acceptors (Lipinski definition) is 4. The van der Waals surface area contributed by atoms with E-state index >= 15 is 0 Å². The monoisotopic (exact) mass is 341 g/mol. The number of benzene rings is 1. The third-order valence-corrected chi connectivity index (χ3v) is 5.64. The second-order valence-electron chi connectivity index (χ2n) is 5.15. The van der Waals surface area contributed by atoms with Crippen molar-refractivity contribution >= 4 is 21.7 Å². The number of nitrogens with zero attached hydrogens (tertiary/aromatic N) is 2. The molecule has 128 valence electrons. The zero-order valence-electron chi connectivity index (χ0n) is 13.5. The maximum atomic E-state index is 12.6. The number of carbonyl (C=O) groups is 1. The molecular weight excluding hydrogens is 318 g/mol. The van der Waals surface area contributed by atoms with Crippen LogP contribution >= 0.6 is 0 Å². The fourth-order valence-electron chi connectivity index (χ4n) is 2.38. The van der Waals surface area contributed by atoms with Gasteiger partial charge in [-0.05, 0) is 32.0 Å². The Balaban J connectivity index is 2.17. The first-order valence-corrected chi connectivity index (χ1v) is 9.17. The normalized spacial score (nSPS) is 16.1. The van der Waals surface area contributed by atoms with E-state index in [4.69, 9.17) is 4.74 Å². The fraction of sp³-hybridized carbons (Fsp3) is 0.533. The molecule has 7 nitrogen and oxygen atoms in total. The summed E-state index contributed by atoms with van der Waals surface area (Å²) in [5.74, 6) is 0. The highest BCUT2D eigenvalue weighted by Gasteiger charge is 2.26. The molecular formula is C15H23N3O4S. The summed E-state index contributed by atoms with van der Waals surface area (Å²) in [6.45, 7) is 6.46. The smallest absolute Gasteiger partial charge is 0.321 e. The highest BCUT2D eigenvalue weighted by Crippen LogP contribution is 2.20. The SMILES string of the molecule is CCN(CC)C(=O)Nc1cccc(S(=O)(=O)N2CCOCC2)c1. The summed E-state index contributed by atoms with van der Waals surface area (Å²) < 4.78 is 31.8. The molecule has 1 aromatic rings. The number of amides is 2. The van der Waals surface area contributed by atoms with Crippen LogP contribution in [-0.2, 0) is 14.8 Å². The van der Waals surface area contributed by atoms with Crippen molar-refractivity contribution in [2.45, 2.75) is 18.7 Å². The van der Waals surface area contributed by atoms with Crippen molar-refractivity contribution in [3.8, 4) is 0 Å². The first kappa shape index (κ1) is 17.7. The molecule has 2 rings (SSSR count). The van der Waals surface area contributed by atoms with Gasteiger partial charge in [-0.1, -0.05) is 6.07 Å². The molecule has 23 heavy (non-hydrogen) atoms. The Hall–Kier alpha value is -1.64.